The van der Waals surface area contributed by atoms with Gasteiger partial charge in [-0.25, -0.2) is 9.78 Å². The molecule has 2 rings (SSSR count). The van der Waals surface area contributed by atoms with E-state index < -0.39 is 28.7 Å². The van der Waals surface area contributed by atoms with Crippen LogP contribution >= 0.6 is 11.6 Å². The highest BCUT2D eigenvalue weighted by Gasteiger charge is 2.37. The lowest BCUT2D eigenvalue weighted by atomic mass is 10.2. The zero-order chi connectivity index (χ0) is 16.7. The third-order valence-corrected chi connectivity index (χ3v) is 2.92. The highest BCUT2D eigenvalue weighted by molar-refractivity contribution is 6.31. The van der Waals surface area contributed by atoms with Gasteiger partial charge < -0.3 is 9.47 Å². The molecule has 0 aliphatic carbocycles. The van der Waals surface area contributed by atoms with Crippen LogP contribution in [0.3, 0.4) is 0 Å². The number of alkyl halides is 3. The molecule has 0 N–H and O–H groups in total. The Labute approximate surface area is 130 Å². The number of anilines is 1. The summed E-state index contributed by atoms with van der Waals surface area (Å²) in [5.41, 5.74) is -2.08. The molecule has 0 saturated carbocycles. The summed E-state index contributed by atoms with van der Waals surface area (Å²) in [5, 5.41) is -0.446. The Hall–Kier alpha value is -1.70. The van der Waals surface area contributed by atoms with Crippen LogP contribution in [0.1, 0.15) is 26.5 Å². The molecule has 0 spiro atoms. The molecule has 1 aromatic rings. The van der Waals surface area contributed by atoms with E-state index in [1.54, 1.807) is 20.8 Å². The number of nitrogens with zero attached hydrogens (tertiary/aromatic N) is 2. The van der Waals surface area contributed by atoms with Crippen LogP contribution in [0, 0.1) is 0 Å². The first-order valence-corrected chi connectivity index (χ1v) is 6.78. The first kappa shape index (κ1) is 16.7. The molecule has 0 saturated heterocycles. The SMILES string of the molecule is CC(C)(C)OC(=O)N1CCOc2c1cc(C(F)(F)F)nc2Cl. The largest absolute Gasteiger partial charge is 0.486 e. The van der Waals surface area contributed by atoms with Crippen molar-refractivity contribution in [3.63, 3.8) is 0 Å². The summed E-state index contributed by atoms with van der Waals surface area (Å²) in [6, 6.07) is 0.726. The molecule has 0 unspecified atom stereocenters. The van der Waals surface area contributed by atoms with Crippen molar-refractivity contribution in [1.29, 1.82) is 0 Å². The maximum atomic E-state index is 12.8. The van der Waals surface area contributed by atoms with Crippen molar-refractivity contribution < 1.29 is 27.4 Å². The van der Waals surface area contributed by atoms with Gasteiger partial charge in [0, 0.05) is 0 Å². The molecule has 0 aromatic carbocycles. The Bertz CT molecular complexity index is 599. The van der Waals surface area contributed by atoms with Crippen molar-refractivity contribution >= 4 is 23.4 Å². The Morgan fingerprint density at radius 2 is 2.05 bits per heavy atom. The summed E-state index contributed by atoms with van der Waals surface area (Å²) < 4.78 is 48.9. The average Bonchev–Trinajstić information content (AvgIpc) is 2.34. The minimum Gasteiger partial charge on any atom is -0.486 e. The van der Waals surface area contributed by atoms with Gasteiger partial charge in [0.25, 0.3) is 0 Å². The van der Waals surface area contributed by atoms with Gasteiger partial charge in [0.05, 0.1) is 12.2 Å². The lowest BCUT2D eigenvalue weighted by molar-refractivity contribution is -0.141. The predicted octanol–water partition coefficient (Wildman–Crippen LogP) is 3.89. The van der Waals surface area contributed by atoms with Crippen molar-refractivity contribution in [2.24, 2.45) is 0 Å². The summed E-state index contributed by atoms with van der Waals surface area (Å²) in [6.07, 6.45) is -5.46. The molecule has 1 aliphatic rings. The Kier molecular flexibility index (Phi) is 4.16. The van der Waals surface area contributed by atoms with E-state index in [2.05, 4.69) is 4.98 Å². The molecule has 0 radical (unpaired) electrons. The van der Waals surface area contributed by atoms with Crippen LogP contribution in [0.4, 0.5) is 23.7 Å². The van der Waals surface area contributed by atoms with Gasteiger partial charge in [0.1, 0.15) is 17.9 Å². The van der Waals surface area contributed by atoms with Crippen molar-refractivity contribution in [3.05, 3.63) is 16.9 Å². The van der Waals surface area contributed by atoms with Crippen LogP contribution in [0.5, 0.6) is 5.75 Å². The van der Waals surface area contributed by atoms with Gasteiger partial charge in [-0.2, -0.15) is 13.2 Å². The van der Waals surface area contributed by atoms with E-state index in [4.69, 9.17) is 21.1 Å². The number of carbonyl (C=O) groups is 1. The zero-order valence-electron chi connectivity index (χ0n) is 12.1. The Morgan fingerprint density at radius 1 is 1.41 bits per heavy atom. The van der Waals surface area contributed by atoms with E-state index in [1.165, 1.54) is 0 Å². The lowest BCUT2D eigenvalue weighted by Crippen LogP contribution is -2.41. The minimum absolute atomic E-state index is 0.0551. The zero-order valence-corrected chi connectivity index (χ0v) is 12.9. The number of ether oxygens (including phenoxy) is 2. The molecule has 9 heteroatoms. The number of aromatic nitrogens is 1. The Morgan fingerprint density at radius 3 is 2.59 bits per heavy atom. The molecule has 2 heterocycles. The van der Waals surface area contributed by atoms with Crippen LogP contribution in [0.25, 0.3) is 0 Å². The quantitative estimate of drug-likeness (QED) is 0.673. The third-order valence-electron chi connectivity index (χ3n) is 2.67. The molecular weight excluding hydrogens is 325 g/mol. The summed E-state index contributed by atoms with van der Waals surface area (Å²) in [4.78, 5) is 16.5. The van der Waals surface area contributed by atoms with Gasteiger partial charge in [0.2, 0.25) is 0 Å². The van der Waals surface area contributed by atoms with Crippen LogP contribution in [0.2, 0.25) is 5.15 Å². The summed E-state index contributed by atoms with van der Waals surface area (Å²) in [5.74, 6) is -0.0632. The first-order valence-electron chi connectivity index (χ1n) is 6.40. The number of rotatable bonds is 0. The van der Waals surface area contributed by atoms with Gasteiger partial charge >= 0.3 is 12.3 Å². The molecule has 22 heavy (non-hydrogen) atoms. The van der Waals surface area contributed by atoms with Gasteiger partial charge in [0.15, 0.2) is 10.9 Å². The second-order valence-corrected chi connectivity index (χ2v) is 5.98. The number of hydrogen-bond acceptors (Lipinski definition) is 4. The number of amides is 1. The standard InChI is InChI=1S/C13H14ClF3N2O3/c1-12(2,3)22-11(20)19-4-5-21-9-7(19)6-8(13(15,16)17)18-10(9)14/h6H,4-5H2,1-3H3. The number of hydrogen-bond donors (Lipinski definition) is 0. The maximum Gasteiger partial charge on any atom is 0.433 e. The molecule has 1 amide bonds. The van der Waals surface area contributed by atoms with Crippen LogP contribution in [-0.2, 0) is 10.9 Å². The van der Waals surface area contributed by atoms with Crippen LogP contribution in [-0.4, -0.2) is 29.8 Å². The Balaban J connectivity index is 2.44. The molecule has 0 fully saturated rings. The molecule has 122 valence electrons. The van der Waals surface area contributed by atoms with E-state index in [9.17, 15) is 18.0 Å². The molecule has 1 aromatic heterocycles. The summed E-state index contributed by atoms with van der Waals surface area (Å²) in [6.45, 7) is 5.12. The van der Waals surface area contributed by atoms with E-state index >= 15 is 0 Å². The van der Waals surface area contributed by atoms with E-state index in [-0.39, 0.29) is 24.6 Å². The highest BCUT2D eigenvalue weighted by Crippen LogP contribution is 2.41. The van der Waals surface area contributed by atoms with E-state index in [1.807, 2.05) is 0 Å². The molecule has 0 atom stereocenters. The first-order chi connectivity index (χ1) is 9.99. The van der Waals surface area contributed by atoms with Crippen LogP contribution < -0.4 is 9.64 Å². The van der Waals surface area contributed by atoms with Gasteiger partial charge in [-0.15, -0.1) is 0 Å². The fourth-order valence-corrected chi connectivity index (χ4v) is 2.08. The van der Waals surface area contributed by atoms with Crippen molar-refractivity contribution in [1.82, 2.24) is 4.98 Å². The summed E-state index contributed by atoms with van der Waals surface area (Å²) in [7, 11) is 0. The fourth-order valence-electron chi connectivity index (χ4n) is 1.83. The second-order valence-electron chi connectivity index (χ2n) is 5.62. The summed E-state index contributed by atoms with van der Waals surface area (Å²) >= 11 is 5.74. The third kappa shape index (κ3) is 3.55. The van der Waals surface area contributed by atoms with Crippen molar-refractivity contribution in [2.75, 3.05) is 18.1 Å². The number of halogens is 4. The molecule has 0 bridgehead atoms. The maximum absolute atomic E-state index is 12.8. The smallest absolute Gasteiger partial charge is 0.433 e. The van der Waals surface area contributed by atoms with Gasteiger partial charge in [-0.1, -0.05) is 11.6 Å². The molecule has 1 aliphatic heterocycles. The number of pyridine rings is 1. The monoisotopic (exact) mass is 338 g/mol. The van der Waals surface area contributed by atoms with Gasteiger partial charge in [-0.3, -0.25) is 4.90 Å². The minimum atomic E-state index is -4.68. The van der Waals surface area contributed by atoms with Gasteiger partial charge in [-0.05, 0) is 26.8 Å². The van der Waals surface area contributed by atoms with Crippen molar-refractivity contribution in [2.45, 2.75) is 32.5 Å². The number of carbonyl (C=O) groups excluding carboxylic acids is 1. The van der Waals surface area contributed by atoms with Crippen LogP contribution in [0.15, 0.2) is 6.07 Å². The van der Waals surface area contributed by atoms with E-state index in [0.29, 0.717) is 0 Å². The topological polar surface area (TPSA) is 51.7 Å². The van der Waals surface area contributed by atoms with Crippen molar-refractivity contribution in [3.8, 4) is 5.75 Å². The van der Waals surface area contributed by atoms with E-state index in [0.717, 1.165) is 11.0 Å². The molecular formula is C13H14ClF3N2O3. The fraction of sp³-hybridized carbons (Fsp3) is 0.538. The number of fused-ring (bicyclic) bond motifs is 1. The normalized spacial score (nSPS) is 15.1. The predicted molar refractivity (Wildman–Crippen MR) is 73.3 cm³/mol. The highest BCUT2D eigenvalue weighted by atomic mass is 35.5. The molecule has 5 nitrogen and oxygen atoms in total. The lowest BCUT2D eigenvalue weighted by Gasteiger charge is -2.32. The average molecular weight is 339 g/mol. The second kappa shape index (κ2) is 5.49.